The van der Waals surface area contributed by atoms with Crippen LogP contribution in [0.25, 0.3) is 0 Å². The molecule has 0 bridgehead atoms. The highest BCUT2D eigenvalue weighted by molar-refractivity contribution is 5.15. The number of likely N-dealkylation sites (N-methyl/N-ethyl adjacent to an activating group) is 1. The highest BCUT2D eigenvalue weighted by Crippen LogP contribution is 2.42. The van der Waals surface area contributed by atoms with E-state index in [1.54, 1.807) is 5.57 Å². The molecule has 4 aliphatic rings. The van der Waals surface area contributed by atoms with Gasteiger partial charge in [0.05, 0.1) is 12.3 Å². The average Bonchev–Trinajstić information content (AvgIpc) is 3.07. The lowest BCUT2D eigenvalue weighted by Gasteiger charge is -2.44. The summed E-state index contributed by atoms with van der Waals surface area (Å²) in [5, 5.41) is 14.9. The minimum atomic E-state index is 0.173. The molecule has 166 valence electrons. The van der Waals surface area contributed by atoms with Crippen molar-refractivity contribution in [1.82, 2.24) is 26.2 Å². The zero-order valence-electron chi connectivity index (χ0n) is 18.9. The molecule has 0 spiro atoms. The van der Waals surface area contributed by atoms with Crippen LogP contribution in [0.3, 0.4) is 0 Å². The van der Waals surface area contributed by atoms with Crippen molar-refractivity contribution in [2.45, 2.75) is 83.0 Å². The zero-order chi connectivity index (χ0) is 20.4. The Balaban J connectivity index is 1.44. The van der Waals surface area contributed by atoms with Crippen molar-refractivity contribution >= 4 is 0 Å². The lowest BCUT2D eigenvalue weighted by atomic mass is 9.72. The average molecular weight is 406 g/mol. The number of hydrogen-bond acceptors (Lipinski definition) is 6. The maximum Gasteiger partial charge on any atom is 0.113 e. The van der Waals surface area contributed by atoms with E-state index in [2.05, 4.69) is 60.2 Å². The van der Waals surface area contributed by atoms with Gasteiger partial charge in [-0.25, -0.2) is 0 Å². The molecule has 4 N–H and O–H groups in total. The summed E-state index contributed by atoms with van der Waals surface area (Å²) >= 11 is 0. The molecule has 4 rings (SSSR count). The first-order valence-electron chi connectivity index (χ1n) is 12.0. The molecule has 7 unspecified atom stereocenters. The topological polar surface area (TPSA) is 60.6 Å². The Hall–Kier alpha value is -0.500. The predicted octanol–water partition coefficient (Wildman–Crippen LogP) is 1.85. The van der Waals surface area contributed by atoms with Gasteiger partial charge in [-0.05, 0) is 71.0 Å². The molecule has 29 heavy (non-hydrogen) atoms. The molecule has 0 aromatic heterocycles. The summed E-state index contributed by atoms with van der Waals surface area (Å²) in [5.74, 6) is 1.93. The molecule has 7 atom stereocenters. The second-order valence-electron chi connectivity index (χ2n) is 10.2. The predicted molar refractivity (Wildman–Crippen MR) is 118 cm³/mol. The summed E-state index contributed by atoms with van der Waals surface area (Å²) < 4.78 is 6.29. The van der Waals surface area contributed by atoms with Crippen LogP contribution in [0.5, 0.6) is 0 Å². The van der Waals surface area contributed by atoms with Gasteiger partial charge in [-0.3, -0.25) is 16.0 Å². The van der Waals surface area contributed by atoms with Gasteiger partial charge in [0.25, 0.3) is 0 Å². The second kappa shape index (κ2) is 9.75. The Morgan fingerprint density at radius 2 is 2.07 bits per heavy atom. The Kier molecular flexibility index (Phi) is 7.30. The van der Waals surface area contributed by atoms with E-state index in [9.17, 15) is 0 Å². The van der Waals surface area contributed by atoms with E-state index < -0.39 is 0 Å². The van der Waals surface area contributed by atoms with Crippen molar-refractivity contribution < 1.29 is 4.74 Å². The minimum absolute atomic E-state index is 0.173. The fourth-order valence-corrected chi connectivity index (χ4v) is 5.96. The van der Waals surface area contributed by atoms with E-state index in [1.807, 2.05) is 0 Å². The molecule has 6 heteroatoms. The van der Waals surface area contributed by atoms with Gasteiger partial charge in [-0.1, -0.05) is 25.5 Å². The molecule has 0 aromatic carbocycles. The second-order valence-corrected chi connectivity index (χ2v) is 10.2. The maximum absolute atomic E-state index is 6.29. The molecule has 3 fully saturated rings. The smallest absolute Gasteiger partial charge is 0.113 e. The molecule has 2 saturated heterocycles. The normalized spacial score (nSPS) is 41.8. The van der Waals surface area contributed by atoms with Crippen LogP contribution in [0.15, 0.2) is 11.6 Å². The Labute approximate surface area is 177 Å². The third-order valence-corrected chi connectivity index (χ3v) is 7.73. The molecule has 1 aliphatic carbocycles. The Morgan fingerprint density at radius 3 is 2.86 bits per heavy atom. The van der Waals surface area contributed by atoms with E-state index in [1.165, 1.54) is 38.6 Å². The fraction of sp³-hybridized carbons (Fsp3) is 0.913. The van der Waals surface area contributed by atoms with E-state index in [4.69, 9.17) is 4.74 Å². The van der Waals surface area contributed by atoms with Gasteiger partial charge in [0.1, 0.15) is 6.29 Å². The quantitative estimate of drug-likeness (QED) is 0.524. The summed E-state index contributed by atoms with van der Waals surface area (Å²) in [6.07, 6.45) is 10.8. The van der Waals surface area contributed by atoms with Crippen LogP contribution in [0.1, 0.15) is 52.4 Å². The van der Waals surface area contributed by atoms with E-state index in [0.29, 0.717) is 42.1 Å². The summed E-state index contributed by atoms with van der Waals surface area (Å²) in [4.78, 5) is 2.44. The first-order valence-corrected chi connectivity index (χ1v) is 12.0. The summed E-state index contributed by atoms with van der Waals surface area (Å²) in [5.41, 5.74) is 1.66. The molecule has 1 saturated carbocycles. The molecular formula is C23H43N5O. The SMILES string of the molecule is CNC1CC(C(C)C)NC(NC2CC3CCOC3C(C3=CCN(C)CCC3)C2)N1. The monoisotopic (exact) mass is 405 g/mol. The van der Waals surface area contributed by atoms with Gasteiger partial charge < -0.3 is 15.0 Å². The van der Waals surface area contributed by atoms with Gasteiger partial charge in [-0.15, -0.1) is 0 Å². The van der Waals surface area contributed by atoms with Crippen LogP contribution in [-0.4, -0.2) is 69.3 Å². The van der Waals surface area contributed by atoms with Gasteiger partial charge in [-0.2, -0.15) is 0 Å². The number of fused-ring (bicyclic) bond motifs is 1. The van der Waals surface area contributed by atoms with Crippen molar-refractivity contribution in [3.05, 3.63) is 11.6 Å². The van der Waals surface area contributed by atoms with E-state index in [0.717, 1.165) is 19.6 Å². The number of ether oxygens (including phenoxy) is 1. The number of nitrogens with one attached hydrogen (secondary N) is 4. The van der Waals surface area contributed by atoms with Crippen LogP contribution < -0.4 is 21.3 Å². The van der Waals surface area contributed by atoms with E-state index in [-0.39, 0.29) is 6.29 Å². The Morgan fingerprint density at radius 1 is 1.21 bits per heavy atom. The largest absolute Gasteiger partial charge is 0.377 e. The minimum Gasteiger partial charge on any atom is -0.377 e. The first-order chi connectivity index (χ1) is 14.0. The third-order valence-electron chi connectivity index (χ3n) is 7.73. The van der Waals surface area contributed by atoms with Gasteiger partial charge >= 0.3 is 0 Å². The van der Waals surface area contributed by atoms with Crippen LogP contribution in [-0.2, 0) is 4.74 Å². The molecule has 0 radical (unpaired) electrons. The fourth-order valence-electron chi connectivity index (χ4n) is 5.96. The zero-order valence-corrected chi connectivity index (χ0v) is 18.9. The van der Waals surface area contributed by atoms with Crippen molar-refractivity contribution in [3.8, 4) is 0 Å². The summed E-state index contributed by atoms with van der Waals surface area (Å²) in [6, 6.07) is 1.08. The van der Waals surface area contributed by atoms with E-state index >= 15 is 0 Å². The summed E-state index contributed by atoms with van der Waals surface area (Å²) in [7, 11) is 4.30. The highest BCUT2D eigenvalue weighted by atomic mass is 16.5. The lowest BCUT2D eigenvalue weighted by molar-refractivity contribution is 0.0170. The van der Waals surface area contributed by atoms with Gasteiger partial charge in [0.2, 0.25) is 0 Å². The molecule has 6 nitrogen and oxygen atoms in total. The Bertz CT molecular complexity index is 567. The van der Waals surface area contributed by atoms with Crippen molar-refractivity contribution in [2.24, 2.45) is 17.8 Å². The van der Waals surface area contributed by atoms with Crippen LogP contribution in [0.4, 0.5) is 0 Å². The van der Waals surface area contributed by atoms with Gasteiger partial charge in [0.15, 0.2) is 0 Å². The highest BCUT2D eigenvalue weighted by Gasteiger charge is 2.43. The summed E-state index contributed by atoms with van der Waals surface area (Å²) in [6.45, 7) is 7.88. The maximum atomic E-state index is 6.29. The van der Waals surface area contributed by atoms with Crippen LogP contribution >= 0.6 is 0 Å². The standard InChI is InChI=1S/C23H43N5O/c1-15(2)20-14-21(24-3)27-23(26-20)25-18-12-17-8-11-29-22(17)19(13-18)16-6-5-9-28(4)10-7-16/h7,15,17-27H,5-6,8-14H2,1-4H3. The molecule has 0 amide bonds. The third kappa shape index (κ3) is 5.23. The van der Waals surface area contributed by atoms with Crippen LogP contribution in [0.2, 0.25) is 0 Å². The molecular weight excluding hydrogens is 362 g/mol. The number of hydrogen-bond donors (Lipinski definition) is 4. The molecule has 3 aliphatic heterocycles. The van der Waals surface area contributed by atoms with Gasteiger partial charge in [0, 0.05) is 31.2 Å². The molecule has 0 aromatic rings. The number of rotatable bonds is 5. The molecule has 3 heterocycles. The lowest BCUT2D eigenvalue weighted by Crippen LogP contribution is -2.69. The number of nitrogens with zero attached hydrogens (tertiary/aromatic N) is 1. The van der Waals surface area contributed by atoms with Crippen LogP contribution in [0, 0.1) is 17.8 Å². The van der Waals surface area contributed by atoms with Crippen molar-refractivity contribution in [1.29, 1.82) is 0 Å². The van der Waals surface area contributed by atoms with Crippen molar-refractivity contribution in [3.63, 3.8) is 0 Å². The first kappa shape index (κ1) is 21.7. The van der Waals surface area contributed by atoms with Crippen molar-refractivity contribution in [2.75, 3.05) is 33.8 Å².